The Hall–Kier alpha value is -2.70. The standard InChI is InChI=1S/C21H19ClN4OS/c22-17-7-2-1-6-15(17)13-26-14-16(12-24-26)21(27)23-11-5-10-20-25-18-8-3-4-9-19(18)28-20/h1-4,6-9,12,14H,5,10-11,13H2,(H,23,27). The number of hydrogen-bond donors (Lipinski definition) is 1. The Morgan fingerprint density at radius 1 is 1.14 bits per heavy atom. The number of para-hydroxylation sites is 1. The number of carbonyl (C=O) groups excluding carboxylic acids is 1. The van der Waals surface area contributed by atoms with Crippen LogP contribution in [0.2, 0.25) is 5.02 Å². The lowest BCUT2D eigenvalue weighted by atomic mass is 10.2. The molecule has 2 aromatic carbocycles. The van der Waals surface area contributed by atoms with Crippen molar-refractivity contribution in [2.75, 3.05) is 6.54 Å². The molecule has 0 aliphatic heterocycles. The molecule has 0 radical (unpaired) electrons. The first kappa shape index (κ1) is 18.7. The predicted molar refractivity (Wildman–Crippen MR) is 113 cm³/mol. The Kier molecular flexibility index (Phi) is 5.69. The lowest BCUT2D eigenvalue weighted by molar-refractivity contribution is 0.0953. The van der Waals surface area contributed by atoms with Crippen LogP contribution in [-0.4, -0.2) is 27.2 Å². The fourth-order valence-electron chi connectivity index (χ4n) is 2.94. The summed E-state index contributed by atoms with van der Waals surface area (Å²) >= 11 is 7.89. The van der Waals surface area contributed by atoms with E-state index in [-0.39, 0.29) is 5.91 Å². The number of nitrogens with one attached hydrogen (secondary N) is 1. The van der Waals surface area contributed by atoms with Gasteiger partial charge in [-0.2, -0.15) is 5.10 Å². The van der Waals surface area contributed by atoms with Crippen molar-refractivity contribution in [3.8, 4) is 0 Å². The van der Waals surface area contributed by atoms with E-state index >= 15 is 0 Å². The van der Waals surface area contributed by atoms with Gasteiger partial charge in [-0.25, -0.2) is 4.98 Å². The molecular weight excluding hydrogens is 392 g/mol. The topological polar surface area (TPSA) is 59.8 Å². The number of halogens is 1. The number of aryl methyl sites for hydroxylation is 1. The number of nitrogens with zero attached hydrogens (tertiary/aromatic N) is 3. The van der Waals surface area contributed by atoms with Crippen molar-refractivity contribution >= 4 is 39.1 Å². The highest BCUT2D eigenvalue weighted by Crippen LogP contribution is 2.22. The number of thiazole rings is 1. The van der Waals surface area contributed by atoms with Crippen LogP contribution in [0.3, 0.4) is 0 Å². The van der Waals surface area contributed by atoms with Gasteiger partial charge in [0.25, 0.3) is 5.91 Å². The molecule has 0 atom stereocenters. The van der Waals surface area contributed by atoms with Gasteiger partial charge in [-0.1, -0.05) is 41.9 Å². The summed E-state index contributed by atoms with van der Waals surface area (Å²) in [6.45, 7) is 1.13. The van der Waals surface area contributed by atoms with Crippen molar-refractivity contribution in [3.63, 3.8) is 0 Å². The molecule has 0 spiro atoms. The van der Waals surface area contributed by atoms with E-state index in [0.717, 1.165) is 28.9 Å². The number of hydrogen-bond acceptors (Lipinski definition) is 4. The molecule has 0 fully saturated rings. The molecule has 0 unspecified atom stereocenters. The maximum atomic E-state index is 12.3. The molecule has 0 bridgehead atoms. The highest BCUT2D eigenvalue weighted by molar-refractivity contribution is 7.18. The second-order valence-electron chi connectivity index (χ2n) is 6.45. The largest absolute Gasteiger partial charge is 0.352 e. The van der Waals surface area contributed by atoms with Crippen LogP contribution in [0.4, 0.5) is 0 Å². The first-order chi connectivity index (χ1) is 13.7. The normalized spacial score (nSPS) is 11.0. The van der Waals surface area contributed by atoms with Crippen LogP contribution in [0, 0.1) is 0 Å². The number of amides is 1. The van der Waals surface area contributed by atoms with E-state index in [9.17, 15) is 4.79 Å². The summed E-state index contributed by atoms with van der Waals surface area (Å²) in [6.07, 6.45) is 5.02. The molecule has 1 amide bonds. The fourth-order valence-corrected chi connectivity index (χ4v) is 4.14. The van der Waals surface area contributed by atoms with E-state index in [4.69, 9.17) is 11.6 Å². The summed E-state index contributed by atoms with van der Waals surface area (Å²) in [5.41, 5.74) is 2.56. The minimum atomic E-state index is -0.116. The van der Waals surface area contributed by atoms with Crippen molar-refractivity contribution in [2.45, 2.75) is 19.4 Å². The third-order valence-electron chi connectivity index (χ3n) is 4.38. The number of carbonyl (C=O) groups is 1. The number of benzene rings is 2. The van der Waals surface area contributed by atoms with E-state index in [1.165, 1.54) is 4.70 Å². The van der Waals surface area contributed by atoms with Crippen LogP contribution < -0.4 is 5.32 Å². The molecule has 4 aromatic rings. The molecule has 142 valence electrons. The van der Waals surface area contributed by atoms with E-state index in [1.807, 2.05) is 42.5 Å². The zero-order valence-corrected chi connectivity index (χ0v) is 16.7. The van der Waals surface area contributed by atoms with Gasteiger partial charge in [0, 0.05) is 24.2 Å². The molecule has 0 saturated carbocycles. The predicted octanol–water partition coefficient (Wildman–Crippen LogP) is 4.56. The highest BCUT2D eigenvalue weighted by Gasteiger charge is 2.10. The summed E-state index contributed by atoms with van der Waals surface area (Å²) in [5.74, 6) is -0.116. The fraction of sp³-hybridized carbons (Fsp3) is 0.190. The maximum Gasteiger partial charge on any atom is 0.254 e. The van der Waals surface area contributed by atoms with Crippen molar-refractivity contribution in [1.82, 2.24) is 20.1 Å². The quantitative estimate of drug-likeness (QED) is 0.454. The summed E-state index contributed by atoms with van der Waals surface area (Å²) in [4.78, 5) is 16.9. The lowest BCUT2D eigenvalue weighted by Crippen LogP contribution is -2.24. The van der Waals surface area contributed by atoms with Gasteiger partial charge in [-0.05, 0) is 30.2 Å². The molecule has 0 aliphatic carbocycles. The first-order valence-electron chi connectivity index (χ1n) is 9.07. The molecular formula is C21H19ClN4OS. The van der Waals surface area contributed by atoms with Crippen LogP contribution in [0.25, 0.3) is 10.2 Å². The molecule has 0 aliphatic rings. The monoisotopic (exact) mass is 410 g/mol. The Morgan fingerprint density at radius 2 is 1.96 bits per heavy atom. The van der Waals surface area contributed by atoms with Gasteiger partial charge in [0.2, 0.25) is 0 Å². The van der Waals surface area contributed by atoms with Crippen molar-refractivity contribution in [3.05, 3.63) is 82.1 Å². The molecule has 0 saturated heterocycles. The molecule has 2 aromatic heterocycles. The summed E-state index contributed by atoms with van der Waals surface area (Å²) < 4.78 is 2.92. The molecule has 1 N–H and O–H groups in total. The van der Waals surface area contributed by atoms with E-state index < -0.39 is 0 Å². The molecule has 5 nitrogen and oxygen atoms in total. The summed E-state index contributed by atoms with van der Waals surface area (Å²) in [7, 11) is 0. The van der Waals surface area contributed by atoms with Crippen molar-refractivity contribution < 1.29 is 4.79 Å². The Balaban J connectivity index is 1.27. The van der Waals surface area contributed by atoms with Gasteiger partial charge in [-0.3, -0.25) is 9.48 Å². The van der Waals surface area contributed by atoms with Gasteiger partial charge < -0.3 is 5.32 Å². The van der Waals surface area contributed by atoms with Crippen LogP contribution in [0.1, 0.15) is 27.3 Å². The number of rotatable bonds is 7. The van der Waals surface area contributed by atoms with Crippen LogP contribution in [0.5, 0.6) is 0 Å². The average Bonchev–Trinajstić information content (AvgIpc) is 3.33. The lowest BCUT2D eigenvalue weighted by Gasteiger charge is -2.04. The van der Waals surface area contributed by atoms with Gasteiger partial charge in [0.1, 0.15) is 0 Å². The first-order valence-corrected chi connectivity index (χ1v) is 10.3. The van der Waals surface area contributed by atoms with E-state index in [2.05, 4.69) is 21.5 Å². The van der Waals surface area contributed by atoms with Gasteiger partial charge in [-0.15, -0.1) is 11.3 Å². The van der Waals surface area contributed by atoms with E-state index in [0.29, 0.717) is 23.7 Å². The third kappa shape index (κ3) is 4.40. The summed E-state index contributed by atoms with van der Waals surface area (Å²) in [5, 5.41) is 9.01. The molecule has 28 heavy (non-hydrogen) atoms. The smallest absolute Gasteiger partial charge is 0.254 e. The zero-order valence-electron chi connectivity index (χ0n) is 15.1. The number of aromatic nitrogens is 3. The van der Waals surface area contributed by atoms with E-state index in [1.54, 1.807) is 28.4 Å². The third-order valence-corrected chi connectivity index (χ3v) is 5.84. The number of fused-ring (bicyclic) bond motifs is 1. The minimum absolute atomic E-state index is 0.116. The Morgan fingerprint density at radius 3 is 2.82 bits per heavy atom. The van der Waals surface area contributed by atoms with Crippen LogP contribution in [-0.2, 0) is 13.0 Å². The van der Waals surface area contributed by atoms with Crippen molar-refractivity contribution in [1.29, 1.82) is 0 Å². The molecule has 7 heteroatoms. The van der Waals surface area contributed by atoms with Crippen LogP contribution >= 0.6 is 22.9 Å². The van der Waals surface area contributed by atoms with Gasteiger partial charge in [0.05, 0.1) is 33.5 Å². The van der Waals surface area contributed by atoms with Crippen LogP contribution in [0.15, 0.2) is 60.9 Å². The Labute approximate surface area is 172 Å². The van der Waals surface area contributed by atoms with Gasteiger partial charge >= 0.3 is 0 Å². The molecule has 2 heterocycles. The zero-order chi connectivity index (χ0) is 19.3. The van der Waals surface area contributed by atoms with Crippen molar-refractivity contribution in [2.24, 2.45) is 0 Å². The SMILES string of the molecule is O=C(NCCCc1nc2ccccc2s1)c1cnn(Cc2ccccc2Cl)c1. The average molecular weight is 411 g/mol. The Bertz CT molecular complexity index is 1070. The maximum absolute atomic E-state index is 12.3. The molecule has 4 rings (SSSR count). The highest BCUT2D eigenvalue weighted by atomic mass is 35.5. The second kappa shape index (κ2) is 8.54. The van der Waals surface area contributed by atoms with Gasteiger partial charge in [0.15, 0.2) is 0 Å². The minimum Gasteiger partial charge on any atom is -0.352 e. The summed E-state index contributed by atoms with van der Waals surface area (Å²) in [6, 6.07) is 15.8. The second-order valence-corrected chi connectivity index (χ2v) is 7.98.